The molecule has 1 N–H and O–H groups in total. The summed E-state index contributed by atoms with van der Waals surface area (Å²) in [4.78, 5) is 40.8. The normalized spacial score (nSPS) is 13.7. The second-order valence-electron chi connectivity index (χ2n) is 6.92. The third kappa shape index (κ3) is 4.93. The Balaban J connectivity index is 1.49. The Kier molecular flexibility index (Phi) is 6.49. The van der Waals surface area contributed by atoms with Crippen LogP contribution in [0.2, 0.25) is 0 Å². The van der Waals surface area contributed by atoms with E-state index in [0.29, 0.717) is 18.8 Å². The molecule has 2 amide bonds. The van der Waals surface area contributed by atoms with Crippen LogP contribution in [0.3, 0.4) is 0 Å². The first-order chi connectivity index (χ1) is 14.0. The molecule has 29 heavy (non-hydrogen) atoms. The molecule has 0 radical (unpaired) electrons. The van der Waals surface area contributed by atoms with E-state index in [1.807, 2.05) is 6.92 Å². The lowest BCUT2D eigenvalue weighted by molar-refractivity contribution is -0.132. The minimum atomic E-state index is -0.818. The molecule has 1 fully saturated rings. The quantitative estimate of drug-likeness (QED) is 0.594. The number of hydrogen-bond acceptors (Lipinski definition) is 5. The number of nitrogens with zero attached hydrogens (tertiary/aromatic N) is 2. The van der Waals surface area contributed by atoms with Gasteiger partial charge < -0.3 is 19.9 Å². The fraction of sp³-hybridized carbons (Fsp3) is 0.318. The van der Waals surface area contributed by atoms with Crippen molar-refractivity contribution in [3.8, 4) is 5.75 Å². The molecule has 0 saturated carbocycles. The highest BCUT2D eigenvalue weighted by molar-refractivity contribution is 6.43. The van der Waals surface area contributed by atoms with Gasteiger partial charge in [-0.05, 0) is 31.2 Å². The smallest absolute Gasteiger partial charge is 0.292 e. The molecule has 0 spiro atoms. The first-order valence-corrected chi connectivity index (χ1v) is 9.54. The number of carbonyl (C=O) groups is 3. The number of ketones is 1. The number of carbonyl (C=O) groups excluding carboxylic acids is 3. The van der Waals surface area contributed by atoms with Gasteiger partial charge in [-0.1, -0.05) is 29.8 Å². The monoisotopic (exact) mass is 395 g/mol. The van der Waals surface area contributed by atoms with Gasteiger partial charge >= 0.3 is 0 Å². The van der Waals surface area contributed by atoms with Crippen LogP contribution in [-0.4, -0.2) is 62.3 Å². The lowest BCUT2D eigenvalue weighted by Gasteiger charge is -2.36. The zero-order valence-corrected chi connectivity index (χ0v) is 16.7. The van der Waals surface area contributed by atoms with Crippen molar-refractivity contribution in [3.63, 3.8) is 0 Å². The number of rotatable bonds is 6. The summed E-state index contributed by atoms with van der Waals surface area (Å²) in [6, 6.07) is 14.8. The van der Waals surface area contributed by atoms with E-state index in [0.717, 1.165) is 18.8 Å². The molecular weight excluding hydrogens is 370 g/mol. The fourth-order valence-corrected chi connectivity index (χ4v) is 3.27. The summed E-state index contributed by atoms with van der Waals surface area (Å²) in [6.45, 7) is 4.44. The number of benzene rings is 2. The molecule has 0 unspecified atom stereocenters. The Morgan fingerprint density at radius 2 is 1.62 bits per heavy atom. The van der Waals surface area contributed by atoms with Crippen molar-refractivity contribution in [1.82, 2.24) is 10.2 Å². The van der Waals surface area contributed by atoms with Crippen LogP contribution in [0, 0.1) is 6.92 Å². The molecular formula is C22H25N3O4. The van der Waals surface area contributed by atoms with Crippen molar-refractivity contribution < 1.29 is 19.1 Å². The Morgan fingerprint density at radius 3 is 2.28 bits per heavy atom. The van der Waals surface area contributed by atoms with E-state index in [4.69, 9.17) is 4.74 Å². The van der Waals surface area contributed by atoms with Crippen LogP contribution < -0.4 is 15.0 Å². The summed E-state index contributed by atoms with van der Waals surface area (Å²) in [5.74, 6) is -1.42. The number of ether oxygens (including phenoxy) is 1. The Bertz CT molecular complexity index is 887. The van der Waals surface area contributed by atoms with Gasteiger partial charge in [0.05, 0.1) is 19.2 Å². The Hall–Kier alpha value is -3.35. The van der Waals surface area contributed by atoms with Gasteiger partial charge in [0.2, 0.25) is 5.91 Å². The zero-order chi connectivity index (χ0) is 20.8. The second kappa shape index (κ2) is 9.23. The van der Waals surface area contributed by atoms with Crippen LogP contribution >= 0.6 is 0 Å². The number of nitrogens with one attached hydrogen (secondary N) is 1. The maximum atomic E-state index is 12.4. The first kappa shape index (κ1) is 20.4. The molecule has 2 aromatic rings. The van der Waals surface area contributed by atoms with Gasteiger partial charge in [0, 0.05) is 31.9 Å². The molecule has 2 aromatic carbocycles. The second-order valence-corrected chi connectivity index (χ2v) is 6.92. The average molecular weight is 395 g/mol. The maximum Gasteiger partial charge on any atom is 0.292 e. The molecule has 1 aliphatic heterocycles. The molecule has 0 bridgehead atoms. The third-order valence-electron chi connectivity index (χ3n) is 4.99. The van der Waals surface area contributed by atoms with Gasteiger partial charge in [-0.25, -0.2) is 0 Å². The van der Waals surface area contributed by atoms with Crippen molar-refractivity contribution in [1.29, 1.82) is 0 Å². The predicted molar refractivity (Wildman–Crippen MR) is 110 cm³/mol. The van der Waals surface area contributed by atoms with Crippen molar-refractivity contribution in [2.45, 2.75) is 6.92 Å². The standard InChI is InChI=1S/C22H25N3O4/c1-16-7-9-17(10-8-16)24-11-13-25(14-12-24)20(26)15-23-22(28)21(27)18-5-3-4-6-19(18)29-2/h3-10H,11-15H2,1-2H3,(H,23,28). The van der Waals surface area contributed by atoms with E-state index in [2.05, 4.69) is 34.5 Å². The number of para-hydroxylation sites is 1. The van der Waals surface area contributed by atoms with Crippen LogP contribution in [0.25, 0.3) is 0 Å². The van der Waals surface area contributed by atoms with Crippen LogP contribution in [0.5, 0.6) is 5.75 Å². The third-order valence-corrected chi connectivity index (χ3v) is 4.99. The van der Waals surface area contributed by atoms with Gasteiger partial charge in [-0.15, -0.1) is 0 Å². The number of piperazine rings is 1. The number of hydrogen-bond donors (Lipinski definition) is 1. The van der Waals surface area contributed by atoms with E-state index >= 15 is 0 Å². The van der Waals surface area contributed by atoms with E-state index in [1.165, 1.54) is 18.7 Å². The number of Topliss-reactive ketones (excluding diaryl/α,β-unsaturated/α-hetero) is 1. The number of amides is 2. The largest absolute Gasteiger partial charge is 0.496 e. The molecule has 0 atom stereocenters. The highest BCUT2D eigenvalue weighted by atomic mass is 16.5. The topological polar surface area (TPSA) is 78.9 Å². The maximum absolute atomic E-state index is 12.4. The van der Waals surface area contributed by atoms with E-state index in [1.54, 1.807) is 23.1 Å². The van der Waals surface area contributed by atoms with E-state index in [-0.39, 0.29) is 18.0 Å². The van der Waals surface area contributed by atoms with Crippen molar-refractivity contribution in [2.75, 3.05) is 44.7 Å². The highest BCUT2D eigenvalue weighted by Crippen LogP contribution is 2.18. The van der Waals surface area contributed by atoms with Gasteiger partial charge in [-0.2, -0.15) is 0 Å². The summed E-state index contributed by atoms with van der Waals surface area (Å²) >= 11 is 0. The molecule has 7 nitrogen and oxygen atoms in total. The summed E-state index contributed by atoms with van der Waals surface area (Å²) in [5, 5.41) is 2.43. The first-order valence-electron chi connectivity index (χ1n) is 9.54. The van der Waals surface area contributed by atoms with Crippen molar-refractivity contribution >= 4 is 23.3 Å². The van der Waals surface area contributed by atoms with Crippen molar-refractivity contribution in [3.05, 3.63) is 59.7 Å². The summed E-state index contributed by atoms with van der Waals surface area (Å²) in [5.41, 5.74) is 2.52. The lowest BCUT2D eigenvalue weighted by atomic mass is 10.1. The fourth-order valence-electron chi connectivity index (χ4n) is 3.27. The van der Waals surface area contributed by atoms with Crippen LogP contribution in [0.1, 0.15) is 15.9 Å². The van der Waals surface area contributed by atoms with Crippen molar-refractivity contribution in [2.24, 2.45) is 0 Å². The SMILES string of the molecule is COc1ccccc1C(=O)C(=O)NCC(=O)N1CCN(c2ccc(C)cc2)CC1. The molecule has 0 aliphatic carbocycles. The van der Waals surface area contributed by atoms with Gasteiger partial charge in [-0.3, -0.25) is 14.4 Å². The molecule has 1 aliphatic rings. The molecule has 3 rings (SSSR count). The van der Waals surface area contributed by atoms with Crippen LogP contribution in [-0.2, 0) is 9.59 Å². The van der Waals surface area contributed by atoms with E-state index < -0.39 is 11.7 Å². The number of methoxy groups -OCH3 is 1. The number of anilines is 1. The molecule has 1 heterocycles. The Labute approximate surface area is 170 Å². The Morgan fingerprint density at radius 1 is 0.966 bits per heavy atom. The van der Waals surface area contributed by atoms with Gasteiger partial charge in [0.25, 0.3) is 11.7 Å². The summed E-state index contributed by atoms with van der Waals surface area (Å²) in [7, 11) is 1.43. The zero-order valence-electron chi connectivity index (χ0n) is 16.7. The minimum Gasteiger partial charge on any atom is -0.496 e. The molecule has 0 aromatic heterocycles. The van der Waals surface area contributed by atoms with E-state index in [9.17, 15) is 14.4 Å². The summed E-state index contributed by atoms with van der Waals surface area (Å²) in [6.07, 6.45) is 0. The predicted octanol–water partition coefficient (Wildman–Crippen LogP) is 1.65. The average Bonchev–Trinajstić information content (AvgIpc) is 2.77. The molecule has 7 heteroatoms. The molecule has 1 saturated heterocycles. The highest BCUT2D eigenvalue weighted by Gasteiger charge is 2.24. The van der Waals surface area contributed by atoms with Crippen LogP contribution in [0.4, 0.5) is 5.69 Å². The van der Waals surface area contributed by atoms with Gasteiger partial charge in [0.15, 0.2) is 0 Å². The van der Waals surface area contributed by atoms with Gasteiger partial charge in [0.1, 0.15) is 5.75 Å². The van der Waals surface area contributed by atoms with Crippen LogP contribution in [0.15, 0.2) is 48.5 Å². The minimum absolute atomic E-state index is 0.173. The lowest BCUT2D eigenvalue weighted by Crippen LogP contribution is -2.51. The number of aryl methyl sites for hydroxylation is 1. The summed E-state index contributed by atoms with van der Waals surface area (Å²) < 4.78 is 5.11. The molecule has 152 valence electrons.